The van der Waals surface area contributed by atoms with Crippen LogP contribution in [0.2, 0.25) is 0 Å². The lowest BCUT2D eigenvalue weighted by Gasteiger charge is -2.54. The third-order valence-electron chi connectivity index (χ3n) is 7.55. The monoisotopic (exact) mass is 517 g/mol. The maximum absolute atomic E-state index is 14.3. The van der Waals surface area contributed by atoms with Crippen molar-refractivity contribution in [2.75, 3.05) is 11.6 Å². The Hall–Kier alpha value is -2.57. The van der Waals surface area contributed by atoms with Gasteiger partial charge < -0.3 is 5.32 Å². The number of hydrogen-bond donors (Lipinski definition) is 2. The van der Waals surface area contributed by atoms with Gasteiger partial charge in [-0.15, -0.1) is 0 Å². The van der Waals surface area contributed by atoms with Gasteiger partial charge >= 0.3 is 6.18 Å². The summed E-state index contributed by atoms with van der Waals surface area (Å²) in [6.07, 6.45) is -1.48. The highest BCUT2D eigenvalue weighted by Crippen LogP contribution is 2.78. The van der Waals surface area contributed by atoms with Crippen molar-refractivity contribution in [2.24, 2.45) is 10.8 Å². The van der Waals surface area contributed by atoms with Crippen molar-refractivity contribution >= 4 is 21.3 Å². The van der Waals surface area contributed by atoms with Crippen LogP contribution in [0.5, 0.6) is 0 Å². The molecule has 3 saturated carbocycles. The number of carbonyl (C=O) groups excluding carboxylic acids is 1. The standard InChI is InChI=1S/C22H24F5N5O2S/c1-19(10-21(23,24)20(19)6-7-20)11-32-17(15(22(25,26)27)16(31-32)12-3-4-12)18(33)30-13-5-8-29-14(9-13)35(2,28)34/h5,8-9,12,28H,3-4,6-7,10-11H2,1-2H3,(H,29,30,33)/t19-,35+/m0/s1. The summed E-state index contributed by atoms with van der Waals surface area (Å²) < 4.78 is 91.9. The van der Waals surface area contributed by atoms with Crippen LogP contribution in [0.4, 0.5) is 27.6 Å². The van der Waals surface area contributed by atoms with E-state index in [2.05, 4.69) is 15.4 Å². The molecule has 2 heterocycles. The van der Waals surface area contributed by atoms with Crippen LogP contribution in [-0.4, -0.2) is 37.1 Å². The Balaban J connectivity index is 1.56. The zero-order valence-electron chi connectivity index (χ0n) is 19.0. The van der Waals surface area contributed by atoms with Gasteiger partial charge in [0.25, 0.3) is 11.8 Å². The third-order valence-corrected chi connectivity index (χ3v) is 8.57. The lowest BCUT2D eigenvalue weighted by atomic mass is 9.55. The fraction of sp³-hybridized carbons (Fsp3) is 0.591. The minimum atomic E-state index is -4.88. The zero-order valence-corrected chi connectivity index (χ0v) is 19.8. The van der Waals surface area contributed by atoms with Gasteiger partial charge in [0.2, 0.25) is 0 Å². The first-order valence-electron chi connectivity index (χ1n) is 11.1. The molecule has 0 saturated heterocycles. The van der Waals surface area contributed by atoms with E-state index in [0.717, 1.165) is 17.0 Å². The molecule has 13 heteroatoms. The Morgan fingerprint density at radius 2 is 1.97 bits per heavy atom. The van der Waals surface area contributed by atoms with Crippen molar-refractivity contribution in [3.8, 4) is 0 Å². The van der Waals surface area contributed by atoms with Gasteiger partial charge in [0.1, 0.15) is 16.3 Å². The Labute approximate surface area is 198 Å². The summed E-state index contributed by atoms with van der Waals surface area (Å²) in [6.45, 7) is 1.38. The Kier molecular flexibility index (Phi) is 4.99. The lowest BCUT2D eigenvalue weighted by molar-refractivity contribution is -0.243. The number of halogens is 5. The molecule has 5 rings (SSSR count). The minimum Gasteiger partial charge on any atom is -0.320 e. The van der Waals surface area contributed by atoms with E-state index in [1.807, 2.05) is 0 Å². The van der Waals surface area contributed by atoms with Crippen LogP contribution in [0.15, 0.2) is 23.4 Å². The number of hydrogen-bond acceptors (Lipinski definition) is 5. The molecule has 0 unspecified atom stereocenters. The fourth-order valence-electron chi connectivity index (χ4n) is 5.43. The van der Waals surface area contributed by atoms with Crippen LogP contribution in [0.25, 0.3) is 0 Å². The second kappa shape index (κ2) is 7.23. The highest BCUT2D eigenvalue weighted by atomic mass is 32.2. The topological polar surface area (TPSA) is 101 Å². The zero-order chi connectivity index (χ0) is 25.6. The molecule has 3 fully saturated rings. The van der Waals surface area contributed by atoms with E-state index >= 15 is 0 Å². The average Bonchev–Trinajstić information content (AvgIpc) is 3.62. The van der Waals surface area contributed by atoms with Crippen molar-refractivity contribution in [3.05, 3.63) is 35.3 Å². The molecule has 1 amide bonds. The van der Waals surface area contributed by atoms with Gasteiger partial charge in [-0.1, -0.05) is 6.92 Å². The van der Waals surface area contributed by atoms with Crippen LogP contribution >= 0.6 is 0 Å². The van der Waals surface area contributed by atoms with Gasteiger partial charge in [0.15, 0.2) is 0 Å². The summed E-state index contributed by atoms with van der Waals surface area (Å²) in [6, 6.07) is 2.46. The van der Waals surface area contributed by atoms with Crippen LogP contribution < -0.4 is 5.32 Å². The summed E-state index contributed by atoms with van der Waals surface area (Å²) in [5.74, 6) is -4.44. The predicted molar refractivity (Wildman–Crippen MR) is 116 cm³/mol. The van der Waals surface area contributed by atoms with Gasteiger partial charge in [0, 0.05) is 47.9 Å². The van der Waals surface area contributed by atoms with E-state index in [0.29, 0.717) is 12.8 Å². The number of nitrogens with one attached hydrogen (secondary N) is 2. The van der Waals surface area contributed by atoms with Crippen LogP contribution in [0.3, 0.4) is 0 Å². The summed E-state index contributed by atoms with van der Waals surface area (Å²) in [7, 11) is -3.23. The SMILES string of the molecule is C[C@@]1(Cn2nc(C3CC3)c(C(F)(F)F)c2C(=O)Nc2ccnc([S@](C)(=N)=O)c2)CC(F)(F)C12CC2. The van der Waals surface area contributed by atoms with E-state index < -0.39 is 62.2 Å². The van der Waals surface area contributed by atoms with E-state index in [9.17, 15) is 31.0 Å². The Morgan fingerprint density at radius 3 is 2.49 bits per heavy atom. The summed E-state index contributed by atoms with van der Waals surface area (Å²) >= 11 is 0. The van der Waals surface area contributed by atoms with Crippen molar-refractivity contribution in [3.63, 3.8) is 0 Å². The number of alkyl halides is 5. The Morgan fingerprint density at radius 1 is 1.31 bits per heavy atom. The molecule has 3 aliphatic carbocycles. The van der Waals surface area contributed by atoms with Gasteiger partial charge in [-0.25, -0.2) is 22.8 Å². The van der Waals surface area contributed by atoms with E-state index in [-0.39, 0.29) is 35.8 Å². The molecule has 2 atom stereocenters. The van der Waals surface area contributed by atoms with E-state index in [1.165, 1.54) is 12.3 Å². The normalized spacial score (nSPS) is 26.1. The van der Waals surface area contributed by atoms with Crippen molar-refractivity contribution in [1.82, 2.24) is 14.8 Å². The number of nitrogens with zero attached hydrogens (tertiary/aromatic N) is 3. The molecule has 190 valence electrons. The first-order chi connectivity index (χ1) is 16.1. The highest BCUT2D eigenvalue weighted by molar-refractivity contribution is 7.91. The van der Waals surface area contributed by atoms with Gasteiger partial charge in [-0.2, -0.15) is 18.3 Å². The molecule has 1 spiro atoms. The molecule has 0 aromatic carbocycles. The highest BCUT2D eigenvalue weighted by Gasteiger charge is 2.80. The minimum absolute atomic E-state index is 0.00993. The first-order valence-corrected chi connectivity index (χ1v) is 13.1. The molecular formula is C22H24F5N5O2S. The molecule has 3 aliphatic rings. The van der Waals surface area contributed by atoms with E-state index in [4.69, 9.17) is 4.78 Å². The maximum atomic E-state index is 14.3. The van der Waals surface area contributed by atoms with Crippen molar-refractivity contribution in [1.29, 1.82) is 4.78 Å². The van der Waals surface area contributed by atoms with E-state index in [1.54, 1.807) is 6.92 Å². The van der Waals surface area contributed by atoms with Gasteiger partial charge in [0.05, 0.1) is 15.4 Å². The van der Waals surface area contributed by atoms with Gasteiger partial charge in [-0.3, -0.25) is 9.48 Å². The van der Waals surface area contributed by atoms with Gasteiger partial charge in [-0.05, 0) is 37.8 Å². The quantitative estimate of drug-likeness (QED) is 0.509. The molecule has 2 aromatic heterocycles. The number of aromatic nitrogens is 3. The largest absolute Gasteiger partial charge is 0.420 e. The molecule has 2 aromatic rings. The van der Waals surface area contributed by atoms with Crippen molar-refractivity contribution < 1.29 is 31.0 Å². The fourth-order valence-corrected chi connectivity index (χ4v) is 6.05. The van der Waals surface area contributed by atoms with Crippen LogP contribution in [0.1, 0.15) is 66.7 Å². The molecule has 0 aliphatic heterocycles. The molecule has 2 N–H and O–H groups in total. The third kappa shape index (κ3) is 3.82. The number of pyridine rings is 1. The summed E-state index contributed by atoms with van der Waals surface area (Å²) in [4.78, 5) is 17.1. The predicted octanol–water partition coefficient (Wildman–Crippen LogP) is 5.29. The Bertz CT molecular complexity index is 1330. The number of carbonyl (C=O) groups is 1. The smallest absolute Gasteiger partial charge is 0.320 e. The second-order valence-electron chi connectivity index (χ2n) is 10.2. The molecular weight excluding hydrogens is 493 g/mol. The molecule has 7 nitrogen and oxygen atoms in total. The van der Waals surface area contributed by atoms with Crippen molar-refractivity contribution in [2.45, 2.75) is 68.6 Å². The number of amides is 1. The van der Waals surface area contributed by atoms with Crippen LogP contribution in [0, 0.1) is 15.6 Å². The molecule has 0 radical (unpaired) electrons. The van der Waals surface area contributed by atoms with Crippen LogP contribution in [-0.2, 0) is 22.5 Å². The number of anilines is 1. The number of rotatable bonds is 6. The molecule has 0 bridgehead atoms. The lowest BCUT2D eigenvalue weighted by Crippen LogP contribution is -2.59. The summed E-state index contributed by atoms with van der Waals surface area (Å²) in [5, 5.41) is 6.40. The second-order valence-corrected chi connectivity index (χ2v) is 12.3. The average molecular weight is 518 g/mol. The first kappa shape index (κ1) is 24.1. The maximum Gasteiger partial charge on any atom is 0.420 e. The molecule has 35 heavy (non-hydrogen) atoms. The summed E-state index contributed by atoms with van der Waals surface area (Å²) in [5.41, 5.74) is -4.37.